The molecule has 0 aromatic heterocycles. The quantitative estimate of drug-likeness (QED) is 0.735. The first-order valence-electron chi connectivity index (χ1n) is 6.67. The summed E-state index contributed by atoms with van der Waals surface area (Å²) >= 11 is 0. The molecule has 2 rings (SSSR count). The van der Waals surface area contributed by atoms with Crippen LogP contribution in [0.5, 0.6) is 5.75 Å². The Labute approximate surface area is 116 Å². The van der Waals surface area contributed by atoms with Gasteiger partial charge in [-0.15, -0.1) is 0 Å². The zero-order valence-corrected chi connectivity index (χ0v) is 12.4. The topological polar surface area (TPSA) is 9.23 Å². The molecule has 0 heterocycles. The molecular weight excluding hydrogens is 232 g/mol. The fourth-order valence-corrected chi connectivity index (χ4v) is 2.21. The standard InChI is InChI=1S/C18H22O/c1-13-7-6-8-14(11-13)16-12-15(18(2,3)4)9-10-17(16)19-5/h6-12H,1-5H3. The van der Waals surface area contributed by atoms with Crippen molar-refractivity contribution in [3.63, 3.8) is 0 Å². The Bertz CT molecular complexity index is 576. The maximum absolute atomic E-state index is 5.51. The normalized spacial score (nSPS) is 11.4. The molecule has 1 nitrogen and oxygen atoms in total. The largest absolute Gasteiger partial charge is 0.496 e. The molecule has 19 heavy (non-hydrogen) atoms. The fraction of sp³-hybridized carbons (Fsp3) is 0.333. The summed E-state index contributed by atoms with van der Waals surface area (Å²) in [5.74, 6) is 0.929. The summed E-state index contributed by atoms with van der Waals surface area (Å²) in [5.41, 5.74) is 5.11. The number of ether oxygens (including phenoxy) is 1. The second-order valence-electron chi connectivity index (χ2n) is 6.03. The maximum Gasteiger partial charge on any atom is 0.126 e. The minimum absolute atomic E-state index is 0.144. The lowest BCUT2D eigenvalue weighted by molar-refractivity contribution is 0.416. The SMILES string of the molecule is COc1ccc(C(C)(C)C)cc1-c1cccc(C)c1. The van der Waals surface area contributed by atoms with Gasteiger partial charge in [0.2, 0.25) is 0 Å². The van der Waals surface area contributed by atoms with Gasteiger partial charge in [0.05, 0.1) is 7.11 Å². The van der Waals surface area contributed by atoms with Gasteiger partial charge >= 0.3 is 0 Å². The van der Waals surface area contributed by atoms with Gasteiger partial charge in [0.1, 0.15) is 5.75 Å². The molecule has 0 radical (unpaired) electrons. The van der Waals surface area contributed by atoms with Gasteiger partial charge in [0.25, 0.3) is 0 Å². The molecule has 0 unspecified atom stereocenters. The number of hydrogen-bond acceptors (Lipinski definition) is 1. The van der Waals surface area contributed by atoms with E-state index in [0.29, 0.717) is 0 Å². The van der Waals surface area contributed by atoms with Gasteiger partial charge in [-0.25, -0.2) is 0 Å². The molecule has 0 aliphatic heterocycles. The van der Waals surface area contributed by atoms with Crippen molar-refractivity contribution in [2.45, 2.75) is 33.1 Å². The van der Waals surface area contributed by atoms with Crippen LogP contribution in [0.1, 0.15) is 31.9 Å². The number of methoxy groups -OCH3 is 1. The molecule has 0 atom stereocenters. The minimum Gasteiger partial charge on any atom is -0.496 e. The van der Waals surface area contributed by atoms with Crippen LogP contribution in [0, 0.1) is 6.92 Å². The molecule has 0 aliphatic rings. The first-order chi connectivity index (χ1) is 8.91. The van der Waals surface area contributed by atoms with Crippen molar-refractivity contribution in [1.82, 2.24) is 0 Å². The van der Waals surface area contributed by atoms with E-state index < -0.39 is 0 Å². The van der Waals surface area contributed by atoms with E-state index in [-0.39, 0.29) is 5.41 Å². The highest BCUT2D eigenvalue weighted by molar-refractivity contribution is 5.72. The summed E-state index contributed by atoms with van der Waals surface area (Å²) in [6.45, 7) is 8.81. The predicted molar refractivity (Wildman–Crippen MR) is 81.9 cm³/mol. The average Bonchev–Trinajstić information content (AvgIpc) is 2.37. The minimum atomic E-state index is 0.144. The van der Waals surface area contributed by atoms with E-state index in [2.05, 4.69) is 70.2 Å². The Kier molecular flexibility index (Phi) is 3.66. The van der Waals surface area contributed by atoms with Crippen LogP contribution in [0.15, 0.2) is 42.5 Å². The molecule has 0 saturated carbocycles. The lowest BCUT2D eigenvalue weighted by Gasteiger charge is -2.21. The first kappa shape index (κ1) is 13.7. The summed E-state index contributed by atoms with van der Waals surface area (Å²) < 4.78 is 5.51. The van der Waals surface area contributed by atoms with Crippen molar-refractivity contribution in [2.24, 2.45) is 0 Å². The van der Waals surface area contributed by atoms with E-state index in [1.165, 1.54) is 22.3 Å². The summed E-state index contributed by atoms with van der Waals surface area (Å²) in [6.07, 6.45) is 0. The Balaban J connectivity index is 2.60. The third kappa shape index (κ3) is 2.98. The van der Waals surface area contributed by atoms with Crippen LogP contribution in [0.25, 0.3) is 11.1 Å². The molecule has 0 saturated heterocycles. The van der Waals surface area contributed by atoms with Crippen molar-refractivity contribution < 1.29 is 4.74 Å². The van der Waals surface area contributed by atoms with Crippen molar-refractivity contribution in [3.8, 4) is 16.9 Å². The molecule has 100 valence electrons. The highest BCUT2D eigenvalue weighted by atomic mass is 16.5. The van der Waals surface area contributed by atoms with E-state index >= 15 is 0 Å². The van der Waals surface area contributed by atoms with E-state index in [1.54, 1.807) is 7.11 Å². The van der Waals surface area contributed by atoms with Crippen LogP contribution in [0.2, 0.25) is 0 Å². The molecule has 0 bridgehead atoms. The van der Waals surface area contributed by atoms with E-state index in [4.69, 9.17) is 4.74 Å². The maximum atomic E-state index is 5.51. The van der Waals surface area contributed by atoms with Crippen molar-refractivity contribution in [3.05, 3.63) is 53.6 Å². The molecule has 1 heteroatoms. The van der Waals surface area contributed by atoms with Crippen molar-refractivity contribution >= 4 is 0 Å². The molecule has 0 amide bonds. The van der Waals surface area contributed by atoms with E-state index in [0.717, 1.165) is 5.75 Å². The van der Waals surface area contributed by atoms with Crippen LogP contribution < -0.4 is 4.74 Å². The monoisotopic (exact) mass is 254 g/mol. The Morgan fingerprint density at radius 2 is 1.68 bits per heavy atom. The molecule has 0 aliphatic carbocycles. The van der Waals surface area contributed by atoms with Gasteiger partial charge in [0, 0.05) is 5.56 Å². The molecule has 0 spiro atoms. The molecule has 0 N–H and O–H groups in total. The highest BCUT2D eigenvalue weighted by Crippen LogP contribution is 2.34. The zero-order valence-electron chi connectivity index (χ0n) is 12.4. The summed E-state index contributed by atoms with van der Waals surface area (Å²) in [7, 11) is 1.73. The Morgan fingerprint density at radius 1 is 0.947 bits per heavy atom. The summed E-state index contributed by atoms with van der Waals surface area (Å²) in [6, 6.07) is 15.0. The van der Waals surface area contributed by atoms with Gasteiger partial charge in [-0.2, -0.15) is 0 Å². The average molecular weight is 254 g/mol. The van der Waals surface area contributed by atoms with Crippen molar-refractivity contribution in [2.75, 3.05) is 7.11 Å². The Morgan fingerprint density at radius 3 is 2.26 bits per heavy atom. The summed E-state index contributed by atoms with van der Waals surface area (Å²) in [4.78, 5) is 0. The zero-order chi connectivity index (χ0) is 14.0. The van der Waals surface area contributed by atoms with E-state index in [1.807, 2.05) is 0 Å². The van der Waals surface area contributed by atoms with Crippen LogP contribution in [-0.4, -0.2) is 7.11 Å². The first-order valence-corrected chi connectivity index (χ1v) is 6.67. The number of aryl methyl sites for hydroxylation is 1. The third-order valence-corrected chi connectivity index (χ3v) is 3.39. The fourth-order valence-electron chi connectivity index (χ4n) is 2.21. The van der Waals surface area contributed by atoms with Gasteiger partial charge in [0.15, 0.2) is 0 Å². The number of hydrogen-bond donors (Lipinski definition) is 0. The van der Waals surface area contributed by atoms with Crippen LogP contribution in [0.3, 0.4) is 0 Å². The van der Waals surface area contributed by atoms with Gasteiger partial charge in [-0.05, 0) is 35.6 Å². The predicted octanol–water partition coefficient (Wildman–Crippen LogP) is 4.97. The van der Waals surface area contributed by atoms with Crippen LogP contribution >= 0.6 is 0 Å². The van der Waals surface area contributed by atoms with E-state index in [9.17, 15) is 0 Å². The molecule has 2 aromatic rings. The van der Waals surface area contributed by atoms with Gasteiger partial charge < -0.3 is 4.74 Å². The van der Waals surface area contributed by atoms with Crippen molar-refractivity contribution in [1.29, 1.82) is 0 Å². The second kappa shape index (κ2) is 5.08. The van der Waals surface area contributed by atoms with Crippen LogP contribution in [0.4, 0.5) is 0 Å². The van der Waals surface area contributed by atoms with Gasteiger partial charge in [-0.3, -0.25) is 0 Å². The Hall–Kier alpha value is -1.76. The lowest BCUT2D eigenvalue weighted by atomic mass is 9.85. The highest BCUT2D eigenvalue weighted by Gasteiger charge is 2.16. The smallest absolute Gasteiger partial charge is 0.126 e. The molecule has 2 aromatic carbocycles. The third-order valence-electron chi connectivity index (χ3n) is 3.39. The van der Waals surface area contributed by atoms with Crippen LogP contribution in [-0.2, 0) is 5.41 Å². The lowest BCUT2D eigenvalue weighted by Crippen LogP contribution is -2.11. The molecule has 0 fully saturated rings. The molecular formula is C18H22O. The number of rotatable bonds is 2. The summed E-state index contributed by atoms with van der Waals surface area (Å²) in [5, 5.41) is 0. The van der Waals surface area contributed by atoms with Gasteiger partial charge in [-0.1, -0.05) is 56.7 Å². The second-order valence-corrected chi connectivity index (χ2v) is 6.03. The number of benzene rings is 2.